The molecule has 2 aromatic rings. The zero-order valence-corrected chi connectivity index (χ0v) is 14.9. The van der Waals surface area contributed by atoms with Gasteiger partial charge in [-0.25, -0.2) is 4.79 Å². The molecule has 0 heterocycles. The second-order valence-corrected chi connectivity index (χ2v) is 5.93. The molecule has 144 valence electrons. The average Bonchev–Trinajstić information content (AvgIpc) is 2.57. The zero-order valence-electron chi connectivity index (χ0n) is 14.9. The van der Waals surface area contributed by atoms with Crippen molar-refractivity contribution in [3.63, 3.8) is 0 Å². The van der Waals surface area contributed by atoms with Gasteiger partial charge in [-0.2, -0.15) is 0 Å². The number of halogens is 3. The van der Waals surface area contributed by atoms with E-state index in [4.69, 9.17) is 4.74 Å². The maximum absolute atomic E-state index is 12.2. The first kappa shape index (κ1) is 20.3. The zero-order chi connectivity index (χ0) is 20.2. The second kappa shape index (κ2) is 8.11. The van der Waals surface area contributed by atoms with Crippen LogP contribution < -0.4 is 10.1 Å². The van der Waals surface area contributed by atoms with E-state index in [1.807, 2.05) is 26.0 Å². The summed E-state index contributed by atoms with van der Waals surface area (Å²) >= 11 is 0. The van der Waals surface area contributed by atoms with Crippen LogP contribution in [0, 0.1) is 13.8 Å². The molecule has 0 radical (unpaired) electrons. The van der Waals surface area contributed by atoms with Gasteiger partial charge >= 0.3 is 12.3 Å². The maximum atomic E-state index is 12.2. The fraction of sp³-hybridized carbons (Fsp3) is 0.263. The van der Waals surface area contributed by atoms with Gasteiger partial charge in [0.05, 0.1) is 5.56 Å². The Balaban J connectivity index is 1.98. The van der Waals surface area contributed by atoms with Crippen molar-refractivity contribution in [2.45, 2.75) is 33.2 Å². The number of hydrogen-bond donors (Lipinski definition) is 1. The maximum Gasteiger partial charge on any atom is 0.573 e. The Bertz CT molecular complexity index is 832. The first-order chi connectivity index (χ1) is 12.5. The van der Waals surface area contributed by atoms with Gasteiger partial charge in [-0.3, -0.25) is 4.79 Å². The van der Waals surface area contributed by atoms with E-state index in [-0.39, 0.29) is 5.56 Å². The molecule has 0 fully saturated rings. The van der Waals surface area contributed by atoms with Crippen molar-refractivity contribution in [2.24, 2.45) is 0 Å². The third-order valence-corrected chi connectivity index (χ3v) is 3.63. The predicted molar refractivity (Wildman–Crippen MR) is 92.5 cm³/mol. The smallest absolute Gasteiger partial charge is 0.449 e. The second-order valence-electron chi connectivity index (χ2n) is 5.93. The monoisotopic (exact) mass is 381 g/mol. The number of carbonyl (C=O) groups excluding carboxylic acids is 2. The summed E-state index contributed by atoms with van der Waals surface area (Å²) in [5.74, 6) is -1.81. The Morgan fingerprint density at radius 2 is 1.67 bits per heavy atom. The molecule has 1 N–H and O–H groups in total. The Morgan fingerprint density at radius 1 is 1.04 bits per heavy atom. The summed E-state index contributed by atoms with van der Waals surface area (Å²) in [6.45, 7) is 5.11. The van der Waals surface area contributed by atoms with Crippen LogP contribution in [-0.2, 0) is 9.53 Å². The quantitative estimate of drug-likeness (QED) is 0.781. The SMILES string of the molecule is Cc1ccc(C)c(NC(=O)[C@H](C)OC(=O)c2ccc(OC(F)(F)F)cc2)c1. The van der Waals surface area contributed by atoms with E-state index in [0.717, 1.165) is 35.4 Å². The summed E-state index contributed by atoms with van der Waals surface area (Å²) in [5, 5.41) is 2.68. The highest BCUT2D eigenvalue weighted by Crippen LogP contribution is 2.23. The van der Waals surface area contributed by atoms with Gasteiger partial charge in [-0.1, -0.05) is 12.1 Å². The number of nitrogens with one attached hydrogen (secondary N) is 1. The fourth-order valence-corrected chi connectivity index (χ4v) is 2.18. The topological polar surface area (TPSA) is 64.6 Å². The number of ether oxygens (including phenoxy) is 2. The predicted octanol–water partition coefficient (Wildman–Crippen LogP) is 4.39. The van der Waals surface area contributed by atoms with Gasteiger partial charge in [-0.05, 0) is 62.2 Å². The van der Waals surface area contributed by atoms with E-state index in [2.05, 4.69) is 10.1 Å². The highest BCUT2D eigenvalue weighted by molar-refractivity contribution is 5.97. The van der Waals surface area contributed by atoms with Crippen molar-refractivity contribution < 1.29 is 32.2 Å². The van der Waals surface area contributed by atoms with Crippen LogP contribution in [-0.4, -0.2) is 24.3 Å². The number of amides is 1. The molecule has 5 nitrogen and oxygen atoms in total. The van der Waals surface area contributed by atoms with Crippen molar-refractivity contribution in [1.29, 1.82) is 0 Å². The van der Waals surface area contributed by atoms with E-state index >= 15 is 0 Å². The lowest BCUT2D eigenvalue weighted by molar-refractivity contribution is -0.274. The number of benzene rings is 2. The van der Waals surface area contributed by atoms with Crippen molar-refractivity contribution in [1.82, 2.24) is 0 Å². The first-order valence-corrected chi connectivity index (χ1v) is 8.00. The Kier molecular flexibility index (Phi) is 6.09. The molecule has 27 heavy (non-hydrogen) atoms. The van der Waals surface area contributed by atoms with Crippen LogP contribution in [0.2, 0.25) is 0 Å². The minimum Gasteiger partial charge on any atom is -0.449 e. The molecule has 0 bridgehead atoms. The van der Waals surface area contributed by atoms with Crippen LogP contribution in [0.1, 0.15) is 28.4 Å². The highest BCUT2D eigenvalue weighted by Gasteiger charge is 2.31. The van der Waals surface area contributed by atoms with Crippen LogP contribution in [0.25, 0.3) is 0 Å². The van der Waals surface area contributed by atoms with Crippen LogP contribution in [0.5, 0.6) is 5.75 Å². The molecule has 2 aromatic carbocycles. The number of hydrogen-bond acceptors (Lipinski definition) is 4. The average molecular weight is 381 g/mol. The van der Waals surface area contributed by atoms with Crippen molar-refractivity contribution in [2.75, 3.05) is 5.32 Å². The van der Waals surface area contributed by atoms with E-state index in [9.17, 15) is 22.8 Å². The largest absolute Gasteiger partial charge is 0.573 e. The minimum atomic E-state index is -4.82. The lowest BCUT2D eigenvalue weighted by Crippen LogP contribution is -2.30. The third kappa shape index (κ3) is 6.02. The number of rotatable bonds is 5. The van der Waals surface area contributed by atoms with E-state index in [1.165, 1.54) is 6.92 Å². The number of esters is 1. The molecule has 0 saturated heterocycles. The molecule has 0 aromatic heterocycles. The van der Waals surface area contributed by atoms with Gasteiger partial charge in [0.2, 0.25) is 0 Å². The summed E-state index contributed by atoms with van der Waals surface area (Å²) in [5.41, 5.74) is 2.42. The normalized spacial score (nSPS) is 12.2. The summed E-state index contributed by atoms with van der Waals surface area (Å²) in [7, 11) is 0. The Labute approximate surface area is 154 Å². The van der Waals surface area contributed by atoms with Crippen molar-refractivity contribution in [3.8, 4) is 5.75 Å². The minimum absolute atomic E-state index is 0.00379. The van der Waals surface area contributed by atoms with E-state index < -0.39 is 30.1 Å². The lowest BCUT2D eigenvalue weighted by atomic mass is 10.1. The van der Waals surface area contributed by atoms with Crippen LogP contribution in [0.3, 0.4) is 0 Å². The molecule has 0 saturated carbocycles. The van der Waals surface area contributed by atoms with E-state index in [1.54, 1.807) is 6.07 Å². The Morgan fingerprint density at radius 3 is 2.26 bits per heavy atom. The summed E-state index contributed by atoms with van der Waals surface area (Å²) in [6, 6.07) is 9.78. The molecule has 1 atom stereocenters. The van der Waals surface area contributed by atoms with Crippen LogP contribution in [0.15, 0.2) is 42.5 Å². The molecular weight excluding hydrogens is 363 g/mol. The molecule has 0 spiro atoms. The molecule has 0 aliphatic heterocycles. The lowest BCUT2D eigenvalue weighted by Gasteiger charge is -2.15. The van der Waals surface area contributed by atoms with Gasteiger partial charge < -0.3 is 14.8 Å². The summed E-state index contributed by atoms with van der Waals surface area (Å²) in [6.07, 6.45) is -5.91. The molecule has 0 unspecified atom stereocenters. The first-order valence-electron chi connectivity index (χ1n) is 8.00. The number of aryl methyl sites for hydroxylation is 2. The van der Waals surface area contributed by atoms with Gasteiger partial charge in [-0.15, -0.1) is 13.2 Å². The van der Waals surface area contributed by atoms with Gasteiger partial charge in [0.15, 0.2) is 6.10 Å². The van der Waals surface area contributed by atoms with E-state index in [0.29, 0.717) is 5.69 Å². The van der Waals surface area contributed by atoms with Gasteiger partial charge in [0.1, 0.15) is 5.75 Å². The molecule has 2 rings (SSSR count). The number of alkyl halides is 3. The van der Waals surface area contributed by atoms with Crippen LogP contribution in [0.4, 0.5) is 18.9 Å². The molecule has 0 aliphatic rings. The van der Waals surface area contributed by atoms with Gasteiger partial charge in [0.25, 0.3) is 5.91 Å². The standard InChI is InChI=1S/C19H18F3NO4/c1-11-4-5-12(2)16(10-11)23-17(24)13(3)26-18(25)14-6-8-15(9-7-14)27-19(20,21)22/h4-10,13H,1-3H3,(H,23,24)/t13-/m0/s1. The fourth-order valence-electron chi connectivity index (χ4n) is 2.18. The van der Waals surface area contributed by atoms with Crippen LogP contribution >= 0.6 is 0 Å². The van der Waals surface area contributed by atoms with Crippen molar-refractivity contribution >= 4 is 17.6 Å². The highest BCUT2D eigenvalue weighted by atomic mass is 19.4. The third-order valence-electron chi connectivity index (χ3n) is 3.63. The van der Waals surface area contributed by atoms with Crippen molar-refractivity contribution in [3.05, 3.63) is 59.2 Å². The Hall–Kier alpha value is -3.03. The summed E-state index contributed by atoms with van der Waals surface area (Å²) < 4.78 is 45.2. The molecule has 8 heteroatoms. The van der Waals surface area contributed by atoms with Gasteiger partial charge in [0, 0.05) is 5.69 Å². The molecular formula is C19H18F3NO4. The number of anilines is 1. The molecule has 0 aliphatic carbocycles. The summed E-state index contributed by atoms with van der Waals surface area (Å²) in [4.78, 5) is 24.3. The molecule has 1 amide bonds. The number of carbonyl (C=O) groups is 2.